The molecule has 0 unspecified atom stereocenters. The zero-order chi connectivity index (χ0) is 37.2. The lowest BCUT2D eigenvalue weighted by Crippen LogP contribution is -2.41. The number of rotatable bonds is 11. The van der Waals surface area contributed by atoms with Crippen molar-refractivity contribution in [3.05, 3.63) is 105 Å². The van der Waals surface area contributed by atoms with Crippen LogP contribution in [0.3, 0.4) is 0 Å². The van der Waals surface area contributed by atoms with Crippen molar-refractivity contribution in [1.82, 2.24) is 29.9 Å². The van der Waals surface area contributed by atoms with E-state index in [1.165, 1.54) is 28.8 Å². The van der Waals surface area contributed by atoms with E-state index in [0.29, 0.717) is 62.0 Å². The molecule has 1 fully saturated rings. The van der Waals surface area contributed by atoms with Crippen LogP contribution < -0.4 is 20.9 Å². The summed E-state index contributed by atoms with van der Waals surface area (Å²) in [5.74, 6) is 0.113. The molecule has 0 aliphatic carbocycles. The minimum Gasteiger partial charge on any atom is -0.481 e. The fraction of sp³-hybridized carbons (Fsp3) is 0.250. The molecule has 4 heterocycles. The van der Waals surface area contributed by atoms with Crippen LogP contribution in [0.15, 0.2) is 77.9 Å². The third-order valence-electron chi connectivity index (χ3n) is 8.59. The van der Waals surface area contributed by atoms with Gasteiger partial charge in [-0.05, 0) is 36.2 Å². The number of carbonyl (C=O) groups is 2. The molecular formula is C36H31Cl2F3N6O5. The molecular weight excluding hydrogens is 724 g/mol. The maximum atomic E-state index is 12.9. The summed E-state index contributed by atoms with van der Waals surface area (Å²) in [6, 6.07) is 17.3. The second kappa shape index (κ2) is 15.2. The summed E-state index contributed by atoms with van der Waals surface area (Å²) >= 11 is 14.0. The topological polar surface area (TPSA) is 138 Å². The summed E-state index contributed by atoms with van der Waals surface area (Å²) in [4.78, 5) is 46.8. The van der Waals surface area contributed by atoms with Crippen LogP contribution in [-0.4, -0.2) is 68.8 Å². The lowest BCUT2D eigenvalue weighted by atomic mass is 9.97. The third kappa shape index (κ3) is 7.98. The van der Waals surface area contributed by atoms with Gasteiger partial charge in [-0.25, -0.2) is 14.8 Å². The van der Waals surface area contributed by atoms with Gasteiger partial charge in [0.05, 0.1) is 35.9 Å². The van der Waals surface area contributed by atoms with Gasteiger partial charge in [0.25, 0.3) is 5.56 Å². The van der Waals surface area contributed by atoms with Gasteiger partial charge in [0.2, 0.25) is 11.8 Å². The van der Waals surface area contributed by atoms with Gasteiger partial charge >= 0.3 is 12.3 Å². The lowest BCUT2D eigenvalue weighted by molar-refractivity contribution is -0.125. The number of pyridine rings is 2. The van der Waals surface area contributed by atoms with Crippen LogP contribution >= 0.6 is 23.2 Å². The van der Waals surface area contributed by atoms with Crippen LogP contribution in [0.5, 0.6) is 5.88 Å². The van der Waals surface area contributed by atoms with Crippen molar-refractivity contribution < 1.29 is 32.6 Å². The molecule has 0 spiro atoms. The van der Waals surface area contributed by atoms with Crippen molar-refractivity contribution in [3.63, 3.8) is 0 Å². The number of carboxylic acid groups (broad SMARTS) is 1. The average Bonchev–Trinajstić information content (AvgIpc) is 3.53. The monoisotopic (exact) mass is 754 g/mol. The number of carbonyl (C=O) groups excluding carboxylic acids is 1. The van der Waals surface area contributed by atoms with Crippen LogP contribution in [0.1, 0.15) is 24.0 Å². The number of methoxy groups -OCH3 is 1. The van der Waals surface area contributed by atoms with Crippen molar-refractivity contribution >= 4 is 40.8 Å². The van der Waals surface area contributed by atoms with Crippen LogP contribution in [0, 0.1) is 0 Å². The number of hydrogen-bond donors (Lipinski definition) is 3. The Morgan fingerprint density at radius 3 is 2.38 bits per heavy atom. The fourth-order valence-corrected chi connectivity index (χ4v) is 6.72. The van der Waals surface area contributed by atoms with E-state index in [4.69, 9.17) is 27.9 Å². The van der Waals surface area contributed by atoms with Crippen LogP contribution in [0.2, 0.25) is 10.0 Å². The molecule has 2 aromatic carbocycles. The van der Waals surface area contributed by atoms with E-state index in [-0.39, 0.29) is 48.7 Å². The highest BCUT2D eigenvalue weighted by Crippen LogP contribution is 2.42. The average molecular weight is 756 g/mol. The number of halogens is 5. The Labute approximate surface area is 305 Å². The SMILES string of the molecule is COc1nc(-c2cccc(-c3cccc(-c4ccn5c(=O)c(CNCC(F)(F)F)cnc5c4)c3Cl)c2Cl)ccc1CN(C[C@@H]1CCC(=O)N1)C(=O)O. The molecule has 0 bridgehead atoms. The Kier molecular flexibility index (Phi) is 10.7. The number of alkyl halides is 3. The summed E-state index contributed by atoms with van der Waals surface area (Å²) < 4.78 is 44.5. The van der Waals surface area contributed by atoms with Crippen molar-refractivity contribution in [2.45, 2.75) is 38.1 Å². The second-order valence-corrected chi connectivity index (χ2v) is 12.9. The highest BCUT2D eigenvalue weighted by Gasteiger charge is 2.27. The van der Waals surface area contributed by atoms with Gasteiger partial charge in [-0.3, -0.25) is 14.0 Å². The van der Waals surface area contributed by atoms with E-state index in [1.807, 2.05) is 12.1 Å². The van der Waals surface area contributed by atoms with Crippen molar-refractivity contribution in [2.75, 3.05) is 20.2 Å². The van der Waals surface area contributed by atoms with Gasteiger partial charge in [0, 0.05) is 71.3 Å². The first kappa shape index (κ1) is 36.6. The second-order valence-electron chi connectivity index (χ2n) is 12.1. The van der Waals surface area contributed by atoms with Crippen LogP contribution in [0.4, 0.5) is 18.0 Å². The van der Waals surface area contributed by atoms with Gasteiger partial charge in [0.15, 0.2) is 0 Å². The smallest absolute Gasteiger partial charge is 0.407 e. The molecule has 11 nitrogen and oxygen atoms in total. The van der Waals surface area contributed by atoms with E-state index in [9.17, 15) is 32.7 Å². The molecule has 3 aromatic heterocycles. The van der Waals surface area contributed by atoms with E-state index < -0.39 is 24.4 Å². The van der Waals surface area contributed by atoms with Crippen LogP contribution in [0.25, 0.3) is 39.2 Å². The molecule has 5 aromatic rings. The van der Waals surface area contributed by atoms with E-state index in [0.717, 1.165) is 0 Å². The van der Waals surface area contributed by atoms with E-state index >= 15 is 0 Å². The number of hydrogen-bond acceptors (Lipinski definition) is 7. The van der Waals surface area contributed by atoms with Gasteiger partial charge in [0.1, 0.15) is 5.65 Å². The Morgan fingerprint density at radius 2 is 1.73 bits per heavy atom. The maximum absolute atomic E-state index is 12.9. The summed E-state index contributed by atoms with van der Waals surface area (Å²) in [6.45, 7) is -1.40. The van der Waals surface area contributed by atoms with Crippen LogP contribution in [-0.2, 0) is 17.9 Å². The number of aromatic nitrogens is 3. The predicted octanol–water partition coefficient (Wildman–Crippen LogP) is 6.82. The standard InChI is InChI=1S/C36H31Cl2F3N6O5/c1-52-33-21(17-46(35(50)51)18-23-9-11-30(48)44-23)8-10-28(45-33)27-7-3-6-26(32(27)38)25-5-2-4-24(31(25)37)20-12-13-47-29(14-20)43-16-22(34(47)49)15-42-19-36(39,40)41/h2-8,10,12-14,16,23,42H,9,11,15,17-19H2,1H3,(H,44,48)(H,50,51)/t23-/m0/s1. The fourth-order valence-electron chi connectivity index (χ4n) is 6.05. The third-order valence-corrected chi connectivity index (χ3v) is 9.40. The zero-order valence-electron chi connectivity index (χ0n) is 27.5. The molecule has 0 radical (unpaired) electrons. The molecule has 1 aliphatic rings. The van der Waals surface area contributed by atoms with Gasteiger partial charge in [-0.15, -0.1) is 0 Å². The van der Waals surface area contributed by atoms with Crippen molar-refractivity contribution in [3.8, 4) is 39.4 Å². The molecule has 52 heavy (non-hydrogen) atoms. The molecule has 2 amide bonds. The quantitative estimate of drug-likeness (QED) is 0.134. The molecule has 270 valence electrons. The first-order valence-corrected chi connectivity index (χ1v) is 16.8. The van der Waals surface area contributed by atoms with Gasteiger partial charge < -0.3 is 25.4 Å². The number of nitrogens with one attached hydrogen (secondary N) is 2. The molecule has 16 heteroatoms. The number of nitrogens with zero attached hydrogens (tertiary/aromatic N) is 4. The lowest BCUT2D eigenvalue weighted by Gasteiger charge is -2.23. The normalized spacial score (nSPS) is 14.4. The highest BCUT2D eigenvalue weighted by atomic mass is 35.5. The molecule has 6 rings (SSSR count). The molecule has 1 aliphatic heterocycles. The Hall–Kier alpha value is -5.18. The van der Waals surface area contributed by atoms with Gasteiger partial charge in [-0.1, -0.05) is 59.6 Å². The number of amides is 2. The summed E-state index contributed by atoms with van der Waals surface area (Å²) in [7, 11) is 1.44. The minimum atomic E-state index is -4.41. The number of benzene rings is 2. The summed E-state index contributed by atoms with van der Waals surface area (Å²) in [5, 5.41) is 15.6. The number of ether oxygens (including phenoxy) is 1. The molecule has 0 saturated carbocycles. The Bertz CT molecular complexity index is 2230. The maximum Gasteiger partial charge on any atom is 0.407 e. The first-order valence-electron chi connectivity index (χ1n) is 16.0. The molecule has 1 saturated heterocycles. The predicted molar refractivity (Wildman–Crippen MR) is 189 cm³/mol. The Morgan fingerprint density at radius 1 is 1.04 bits per heavy atom. The molecule has 3 N–H and O–H groups in total. The zero-order valence-corrected chi connectivity index (χ0v) is 29.0. The Balaban J connectivity index is 1.27. The van der Waals surface area contributed by atoms with E-state index in [1.54, 1.807) is 48.5 Å². The van der Waals surface area contributed by atoms with Crippen molar-refractivity contribution in [1.29, 1.82) is 0 Å². The highest BCUT2D eigenvalue weighted by molar-refractivity contribution is 6.39. The summed E-state index contributed by atoms with van der Waals surface area (Å²) in [6.07, 6.45) is -1.89. The number of fused-ring (bicyclic) bond motifs is 1. The largest absolute Gasteiger partial charge is 0.481 e. The summed E-state index contributed by atoms with van der Waals surface area (Å²) in [5.41, 5.74) is 3.94. The molecule has 1 atom stereocenters. The minimum absolute atomic E-state index is 0.00636. The first-order chi connectivity index (χ1) is 24.8. The van der Waals surface area contributed by atoms with Crippen molar-refractivity contribution in [2.24, 2.45) is 0 Å². The van der Waals surface area contributed by atoms with Gasteiger partial charge in [-0.2, -0.15) is 13.2 Å². The van der Waals surface area contributed by atoms with E-state index in [2.05, 4.69) is 20.6 Å².